The van der Waals surface area contributed by atoms with Crippen LogP contribution in [0.3, 0.4) is 0 Å². The number of rotatable bonds is 4. The summed E-state index contributed by atoms with van der Waals surface area (Å²) < 4.78 is 31.9. The molecule has 3 unspecified atom stereocenters. The highest BCUT2D eigenvalue weighted by Crippen LogP contribution is 2.31. The molecule has 1 nitrogen and oxygen atoms in total. The molecule has 3 atom stereocenters. The number of hydrogen-bond donors (Lipinski definition) is 0. The van der Waals surface area contributed by atoms with E-state index in [1.165, 1.54) is 12.1 Å². The lowest BCUT2D eigenvalue weighted by atomic mass is 9.91. The molecule has 1 saturated heterocycles. The third-order valence-electron chi connectivity index (χ3n) is 3.56. The first-order valence-electron chi connectivity index (χ1n) is 6.31. The van der Waals surface area contributed by atoms with E-state index in [9.17, 15) is 8.78 Å². The first-order chi connectivity index (χ1) is 8.61. The molecule has 1 aliphatic rings. The van der Waals surface area contributed by atoms with Crippen molar-refractivity contribution in [3.8, 4) is 0 Å². The number of alkyl halides is 1. The lowest BCUT2D eigenvalue weighted by molar-refractivity contribution is 0.0864. The summed E-state index contributed by atoms with van der Waals surface area (Å²) in [5.74, 6) is -0.827. The van der Waals surface area contributed by atoms with E-state index in [4.69, 9.17) is 16.3 Å². The van der Waals surface area contributed by atoms with Gasteiger partial charge in [0.15, 0.2) is 0 Å². The van der Waals surface area contributed by atoms with Gasteiger partial charge < -0.3 is 4.74 Å². The SMILES string of the molecule is CCC1OCCC1C(Cl)Cc1ccc(F)cc1F. The molecule has 0 aliphatic carbocycles. The number of ether oxygens (including phenoxy) is 1. The fourth-order valence-electron chi connectivity index (χ4n) is 2.55. The zero-order valence-electron chi connectivity index (χ0n) is 10.3. The van der Waals surface area contributed by atoms with E-state index in [2.05, 4.69) is 6.92 Å². The number of hydrogen-bond acceptors (Lipinski definition) is 1. The Kier molecular flexibility index (Phi) is 4.57. The van der Waals surface area contributed by atoms with E-state index in [1.54, 1.807) is 0 Å². The molecular formula is C14H17ClF2O. The van der Waals surface area contributed by atoms with Crippen LogP contribution >= 0.6 is 11.6 Å². The van der Waals surface area contributed by atoms with Crippen LogP contribution in [0.25, 0.3) is 0 Å². The first-order valence-corrected chi connectivity index (χ1v) is 6.75. The topological polar surface area (TPSA) is 9.23 Å². The van der Waals surface area contributed by atoms with E-state index >= 15 is 0 Å². The molecule has 0 saturated carbocycles. The van der Waals surface area contributed by atoms with E-state index in [-0.39, 0.29) is 17.4 Å². The van der Waals surface area contributed by atoms with Crippen molar-refractivity contribution in [2.75, 3.05) is 6.61 Å². The van der Waals surface area contributed by atoms with Crippen molar-refractivity contribution >= 4 is 11.6 Å². The highest BCUT2D eigenvalue weighted by atomic mass is 35.5. The molecular weight excluding hydrogens is 258 g/mol. The van der Waals surface area contributed by atoms with Crippen LogP contribution in [0.1, 0.15) is 25.3 Å². The van der Waals surface area contributed by atoms with Crippen LogP contribution < -0.4 is 0 Å². The lowest BCUT2D eigenvalue weighted by Crippen LogP contribution is -2.26. The van der Waals surface area contributed by atoms with Gasteiger partial charge in [0, 0.05) is 24.0 Å². The molecule has 0 spiro atoms. The van der Waals surface area contributed by atoms with Crippen LogP contribution in [0.2, 0.25) is 0 Å². The van der Waals surface area contributed by atoms with Crippen molar-refractivity contribution in [1.29, 1.82) is 0 Å². The summed E-state index contributed by atoms with van der Waals surface area (Å²) in [5.41, 5.74) is 0.471. The van der Waals surface area contributed by atoms with Crippen LogP contribution in [0.15, 0.2) is 18.2 Å². The Morgan fingerprint density at radius 1 is 1.44 bits per heavy atom. The third-order valence-corrected chi connectivity index (χ3v) is 4.04. The zero-order valence-corrected chi connectivity index (χ0v) is 11.1. The van der Waals surface area contributed by atoms with Crippen LogP contribution in [-0.2, 0) is 11.2 Å². The van der Waals surface area contributed by atoms with Crippen molar-refractivity contribution in [3.63, 3.8) is 0 Å². The Labute approximate surface area is 111 Å². The summed E-state index contributed by atoms with van der Waals surface area (Å²) in [6.07, 6.45) is 2.41. The molecule has 1 heterocycles. The van der Waals surface area contributed by atoms with Crippen LogP contribution in [-0.4, -0.2) is 18.1 Å². The maximum absolute atomic E-state index is 13.5. The molecule has 4 heteroatoms. The Morgan fingerprint density at radius 3 is 2.89 bits per heavy atom. The lowest BCUT2D eigenvalue weighted by Gasteiger charge is -2.22. The maximum atomic E-state index is 13.5. The molecule has 0 aromatic heterocycles. The molecule has 1 aliphatic heterocycles. The van der Waals surface area contributed by atoms with Crippen molar-refractivity contribution < 1.29 is 13.5 Å². The summed E-state index contributed by atoms with van der Waals surface area (Å²) in [6.45, 7) is 2.78. The van der Waals surface area contributed by atoms with Gasteiger partial charge in [-0.05, 0) is 30.9 Å². The molecule has 100 valence electrons. The Morgan fingerprint density at radius 2 is 2.22 bits per heavy atom. The van der Waals surface area contributed by atoms with E-state index in [0.717, 1.165) is 25.5 Å². The predicted octanol–water partition coefficient (Wildman–Crippen LogP) is 3.93. The van der Waals surface area contributed by atoms with E-state index in [1.807, 2.05) is 0 Å². The highest BCUT2D eigenvalue weighted by molar-refractivity contribution is 6.21. The maximum Gasteiger partial charge on any atom is 0.129 e. The van der Waals surface area contributed by atoms with Crippen molar-refractivity contribution in [2.24, 2.45) is 5.92 Å². The Balaban J connectivity index is 2.04. The number of benzene rings is 1. The van der Waals surface area contributed by atoms with Gasteiger partial charge in [-0.3, -0.25) is 0 Å². The summed E-state index contributed by atoms with van der Waals surface area (Å²) in [5, 5.41) is -0.169. The summed E-state index contributed by atoms with van der Waals surface area (Å²) >= 11 is 6.37. The first kappa shape index (κ1) is 13.8. The predicted molar refractivity (Wildman–Crippen MR) is 67.8 cm³/mol. The molecule has 1 fully saturated rings. The molecule has 1 aromatic rings. The Hall–Kier alpha value is -0.670. The second-order valence-electron chi connectivity index (χ2n) is 4.73. The van der Waals surface area contributed by atoms with E-state index in [0.29, 0.717) is 12.0 Å². The standard InChI is InChI=1S/C14H17ClF2O/c1-2-14-11(5-6-18-14)12(15)7-9-3-4-10(16)8-13(9)17/h3-4,8,11-12,14H,2,5-7H2,1H3. The molecule has 0 radical (unpaired) electrons. The van der Waals surface area contributed by atoms with Gasteiger partial charge in [0.2, 0.25) is 0 Å². The zero-order chi connectivity index (χ0) is 13.1. The van der Waals surface area contributed by atoms with Crippen LogP contribution in [0, 0.1) is 17.6 Å². The smallest absolute Gasteiger partial charge is 0.129 e. The highest BCUT2D eigenvalue weighted by Gasteiger charge is 2.32. The minimum Gasteiger partial charge on any atom is -0.378 e. The minimum absolute atomic E-state index is 0.163. The molecule has 2 rings (SSSR count). The number of halogens is 3. The molecule has 0 amide bonds. The quantitative estimate of drug-likeness (QED) is 0.756. The molecule has 0 N–H and O–H groups in total. The average Bonchev–Trinajstić information content (AvgIpc) is 2.81. The van der Waals surface area contributed by atoms with Gasteiger partial charge in [-0.25, -0.2) is 8.78 Å². The van der Waals surface area contributed by atoms with Gasteiger partial charge in [-0.1, -0.05) is 13.0 Å². The van der Waals surface area contributed by atoms with Crippen molar-refractivity contribution in [1.82, 2.24) is 0 Å². The van der Waals surface area contributed by atoms with Gasteiger partial charge in [0.05, 0.1) is 6.10 Å². The van der Waals surface area contributed by atoms with Crippen molar-refractivity contribution in [3.05, 3.63) is 35.4 Å². The van der Waals surface area contributed by atoms with E-state index < -0.39 is 11.6 Å². The van der Waals surface area contributed by atoms with Crippen molar-refractivity contribution in [2.45, 2.75) is 37.7 Å². The second kappa shape index (κ2) is 5.98. The van der Waals surface area contributed by atoms with Crippen LogP contribution in [0.5, 0.6) is 0 Å². The summed E-state index contributed by atoms with van der Waals surface area (Å²) in [4.78, 5) is 0. The summed E-state index contributed by atoms with van der Waals surface area (Å²) in [6, 6.07) is 3.64. The van der Waals surface area contributed by atoms with Gasteiger partial charge >= 0.3 is 0 Å². The normalized spacial score (nSPS) is 25.3. The van der Waals surface area contributed by atoms with Gasteiger partial charge in [0.25, 0.3) is 0 Å². The average molecular weight is 275 g/mol. The molecule has 18 heavy (non-hydrogen) atoms. The largest absolute Gasteiger partial charge is 0.378 e. The van der Waals surface area contributed by atoms with Gasteiger partial charge in [-0.15, -0.1) is 11.6 Å². The molecule has 0 bridgehead atoms. The molecule has 1 aromatic carbocycles. The monoisotopic (exact) mass is 274 g/mol. The summed E-state index contributed by atoms with van der Waals surface area (Å²) in [7, 11) is 0. The fraction of sp³-hybridized carbons (Fsp3) is 0.571. The van der Waals surface area contributed by atoms with Gasteiger partial charge in [0.1, 0.15) is 11.6 Å². The third kappa shape index (κ3) is 3.01. The Bertz CT molecular complexity index is 411. The minimum atomic E-state index is -0.557. The fourth-order valence-corrected chi connectivity index (χ4v) is 3.00. The second-order valence-corrected chi connectivity index (χ2v) is 5.29. The van der Waals surface area contributed by atoms with Crippen LogP contribution in [0.4, 0.5) is 8.78 Å². The van der Waals surface area contributed by atoms with Gasteiger partial charge in [-0.2, -0.15) is 0 Å².